The van der Waals surface area contributed by atoms with E-state index in [0.717, 1.165) is 37.6 Å². The zero-order chi connectivity index (χ0) is 26.4. The summed E-state index contributed by atoms with van der Waals surface area (Å²) in [5, 5.41) is 5.51. The highest BCUT2D eigenvalue weighted by Gasteiger charge is 2.29. The summed E-state index contributed by atoms with van der Waals surface area (Å²) < 4.78 is 15.7. The number of benzene rings is 2. The van der Waals surface area contributed by atoms with E-state index in [1.807, 2.05) is 26.0 Å². The molecule has 2 amide bonds. The number of nitrogens with zero attached hydrogens (tertiary/aromatic N) is 3. The largest absolute Gasteiger partial charge is 0.497 e. The van der Waals surface area contributed by atoms with Gasteiger partial charge in [0, 0.05) is 61.3 Å². The van der Waals surface area contributed by atoms with Gasteiger partial charge in [-0.1, -0.05) is 0 Å². The van der Waals surface area contributed by atoms with Crippen LogP contribution in [0, 0.1) is 0 Å². The number of methoxy groups -OCH3 is 2. The van der Waals surface area contributed by atoms with Gasteiger partial charge in [0.2, 0.25) is 0 Å². The fourth-order valence-electron chi connectivity index (χ4n) is 4.43. The Balaban J connectivity index is 1.28. The highest BCUT2D eigenvalue weighted by Crippen LogP contribution is 2.31. The smallest absolute Gasteiger partial charge is 0.313 e. The lowest BCUT2D eigenvalue weighted by atomic mass is 10.0. The van der Waals surface area contributed by atoms with Crippen molar-refractivity contribution < 1.29 is 23.5 Å². The first-order valence-corrected chi connectivity index (χ1v) is 12.1. The molecule has 0 unspecified atom stereocenters. The van der Waals surface area contributed by atoms with Gasteiger partial charge in [0.1, 0.15) is 23.5 Å². The third-order valence-electron chi connectivity index (χ3n) is 6.25. The van der Waals surface area contributed by atoms with Gasteiger partial charge in [0.15, 0.2) is 6.39 Å². The van der Waals surface area contributed by atoms with E-state index in [4.69, 9.17) is 13.9 Å². The van der Waals surface area contributed by atoms with E-state index < -0.39 is 17.4 Å². The van der Waals surface area contributed by atoms with Gasteiger partial charge in [0.25, 0.3) is 0 Å². The summed E-state index contributed by atoms with van der Waals surface area (Å²) in [4.78, 5) is 34.1. The summed E-state index contributed by atoms with van der Waals surface area (Å²) in [7, 11) is 3.18. The first kappa shape index (κ1) is 26.0. The van der Waals surface area contributed by atoms with Crippen LogP contribution in [0.15, 0.2) is 59.5 Å². The fraction of sp³-hybridized carbons (Fsp3) is 0.370. The van der Waals surface area contributed by atoms with E-state index in [-0.39, 0.29) is 0 Å². The van der Waals surface area contributed by atoms with E-state index in [0.29, 0.717) is 29.2 Å². The van der Waals surface area contributed by atoms with Gasteiger partial charge in [-0.3, -0.25) is 14.5 Å². The molecule has 3 aromatic rings. The summed E-state index contributed by atoms with van der Waals surface area (Å²) in [6, 6.07) is 13.1. The summed E-state index contributed by atoms with van der Waals surface area (Å²) in [6.45, 7) is 7.94. The van der Waals surface area contributed by atoms with Crippen molar-refractivity contribution in [3.63, 3.8) is 0 Å². The van der Waals surface area contributed by atoms with Crippen LogP contribution >= 0.6 is 0 Å². The Labute approximate surface area is 216 Å². The number of piperazine rings is 1. The maximum Gasteiger partial charge on any atom is 0.313 e. The number of ether oxygens (including phenoxy) is 2. The Morgan fingerprint density at radius 3 is 2.35 bits per heavy atom. The molecule has 0 aliphatic carbocycles. The normalized spacial score (nSPS) is 14.2. The van der Waals surface area contributed by atoms with Gasteiger partial charge in [-0.2, -0.15) is 0 Å². The lowest BCUT2D eigenvalue weighted by Gasteiger charge is -2.40. The Bertz CT molecular complexity index is 1200. The van der Waals surface area contributed by atoms with Crippen LogP contribution in [0.3, 0.4) is 0 Å². The predicted octanol–water partition coefficient (Wildman–Crippen LogP) is 3.01. The maximum absolute atomic E-state index is 12.7. The number of amides is 2. The standard InChI is InChI=1S/C27H33N5O5/c1-27(2,17-31-11-13-32(14-12-31)20-6-8-21(35-3)9-7-20)30-26(34)25(33)29-19-5-10-22(24(15-19)36-4)23-16-37-18-28-23/h5-10,15-16,18H,11-14,17H2,1-4H3,(H,29,33)(H,30,34). The van der Waals surface area contributed by atoms with Gasteiger partial charge >= 0.3 is 11.8 Å². The van der Waals surface area contributed by atoms with Gasteiger partial charge < -0.3 is 29.4 Å². The number of rotatable bonds is 8. The summed E-state index contributed by atoms with van der Waals surface area (Å²) in [5.41, 5.74) is 2.34. The average Bonchev–Trinajstić information content (AvgIpc) is 3.43. The molecule has 2 heterocycles. The molecule has 2 aromatic carbocycles. The van der Waals surface area contributed by atoms with Crippen LogP contribution in [0.4, 0.5) is 11.4 Å². The van der Waals surface area contributed by atoms with Crippen molar-refractivity contribution in [1.29, 1.82) is 0 Å². The SMILES string of the molecule is COc1ccc(N2CCN(CC(C)(C)NC(=O)C(=O)Nc3ccc(-c4cocn4)c(OC)c3)CC2)cc1. The molecule has 1 fully saturated rings. The predicted molar refractivity (Wildman–Crippen MR) is 141 cm³/mol. The Morgan fingerprint density at radius 2 is 1.73 bits per heavy atom. The van der Waals surface area contributed by atoms with E-state index in [9.17, 15) is 9.59 Å². The highest BCUT2D eigenvalue weighted by molar-refractivity contribution is 6.39. The third kappa shape index (κ3) is 6.59. The minimum absolute atomic E-state index is 0.441. The molecule has 10 nitrogen and oxygen atoms in total. The van der Waals surface area contributed by atoms with Crippen LogP contribution in [0.2, 0.25) is 0 Å². The number of aromatic nitrogens is 1. The molecular formula is C27H33N5O5. The minimum atomic E-state index is -0.742. The topological polar surface area (TPSA) is 109 Å². The first-order chi connectivity index (χ1) is 17.8. The molecular weight excluding hydrogens is 474 g/mol. The van der Waals surface area contributed by atoms with Crippen LogP contribution in [0.5, 0.6) is 11.5 Å². The summed E-state index contributed by atoms with van der Waals surface area (Å²) in [6.07, 6.45) is 2.84. The summed E-state index contributed by atoms with van der Waals surface area (Å²) >= 11 is 0. The van der Waals surface area contributed by atoms with E-state index in [1.165, 1.54) is 19.8 Å². The lowest BCUT2D eigenvalue weighted by Crippen LogP contribution is -2.57. The van der Waals surface area contributed by atoms with Crippen molar-refractivity contribution in [2.75, 3.05) is 57.2 Å². The Kier molecular flexibility index (Phi) is 7.98. The lowest BCUT2D eigenvalue weighted by molar-refractivity contribution is -0.137. The van der Waals surface area contributed by atoms with Gasteiger partial charge in [-0.05, 0) is 50.2 Å². The van der Waals surface area contributed by atoms with Crippen molar-refractivity contribution in [2.45, 2.75) is 19.4 Å². The molecule has 1 aromatic heterocycles. The molecule has 196 valence electrons. The van der Waals surface area contributed by atoms with Crippen molar-refractivity contribution in [1.82, 2.24) is 15.2 Å². The van der Waals surface area contributed by atoms with Crippen LogP contribution in [0.1, 0.15) is 13.8 Å². The monoisotopic (exact) mass is 507 g/mol. The Hall–Kier alpha value is -4.05. The minimum Gasteiger partial charge on any atom is -0.497 e. The molecule has 0 saturated carbocycles. The number of nitrogens with one attached hydrogen (secondary N) is 2. The van der Waals surface area contributed by atoms with Crippen LogP contribution in [-0.4, -0.2) is 74.2 Å². The van der Waals surface area contributed by atoms with Crippen molar-refractivity contribution in [3.8, 4) is 22.8 Å². The second kappa shape index (κ2) is 11.3. The molecule has 1 saturated heterocycles. The van der Waals surface area contributed by atoms with Gasteiger partial charge in [-0.25, -0.2) is 4.98 Å². The van der Waals surface area contributed by atoms with Gasteiger partial charge in [-0.15, -0.1) is 0 Å². The Morgan fingerprint density at radius 1 is 1.00 bits per heavy atom. The molecule has 1 aliphatic rings. The molecule has 0 spiro atoms. The number of hydrogen-bond donors (Lipinski definition) is 2. The molecule has 0 bridgehead atoms. The molecule has 4 rings (SSSR count). The molecule has 1 aliphatic heterocycles. The number of hydrogen-bond acceptors (Lipinski definition) is 8. The molecule has 0 radical (unpaired) electrons. The van der Waals surface area contributed by atoms with Crippen molar-refractivity contribution in [3.05, 3.63) is 55.1 Å². The number of carbonyl (C=O) groups is 2. The van der Waals surface area contributed by atoms with Crippen LogP contribution in [0.25, 0.3) is 11.3 Å². The second-order valence-electron chi connectivity index (χ2n) is 9.54. The van der Waals surface area contributed by atoms with E-state index in [1.54, 1.807) is 25.3 Å². The van der Waals surface area contributed by atoms with Crippen molar-refractivity contribution >= 4 is 23.2 Å². The van der Waals surface area contributed by atoms with Crippen molar-refractivity contribution in [2.24, 2.45) is 0 Å². The molecule has 37 heavy (non-hydrogen) atoms. The van der Waals surface area contributed by atoms with Crippen LogP contribution < -0.4 is 25.0 Å². The quantitative estimate of drug-likeness (QED) is 0.448. The molecule has 0 atom stereocenters. The van der Waals surface area contributed by atoms with Crippen LogP contribution in [-0.2, 0) is 9.59 Å². The van der Waals surface area contributed by atoms with E-state index in [2.05, 4.69) is 37.6 Å². The average molecular weight is 508 g/mol. The molecule has 10 heteroatoms. The number of anilines is 2. The fourth-order valence-corrected chi connectivity index (χ4v) is 4.43. The summed E-state index contributed by atoms with van der Waals surface area (Å²) in [5.74, 6) is -0.0945. The maximum atomic E-state index is 12.7. The number of carbonyl (C=O) groups excluding carboxylic acids is 2. The van der Waals surface area contributed by atoms with Gasteiger partial charge in [0.05, 0.1) is 14.2 Å². The zero-order valence-electron chi connectivity index (χ0n) is 21.6. The van der Waals surface area contributed by atoms with E-state index >= 15 is 0 Å². The highest BCUT2D eigenvalue weighted by atomic mass is 16.5. The molecule has 2 N–H and O–H groups in total. The zero-order valence-corrected chi connectivity index (χ0v) is 21.6. The third-order valence-corrected chi connectivity index (χ3v) is 6.25. The second-order valence-corrected chi connectivity index (χ2v) is 9.54. The first-order valence-electron chi connectivity index (χ1n) is 12.1. The number of oxazole rings is 1.